The Labute approximate surface area is 103 Å². The van der Waals surface area contributed by atoms with Crippen LogP contribution in [-0.2, 0) is 4.79 Å². The molecule has 0 aromatic heterocycles. The zero-order chi connectivity index (χ0) is 11.8. The van der Waals surface area contributed by atoms with Crippen LogP contribution in [0.5, 0.6) is 0 Å². The number of nitrogens with zero attached hydrogens (tertiary/aromatic N) is 1. The van der Waals surface area contributed by atoms with E-state index in [1.807, 2.05) is 0 Å². The molecule has 3 nitrogen and oxygen atoms in total. The van der Waals surface area contributed by atoms with E-state index in [2.05, 4.69) is 4.90 Å². The van der Waals surface area contributed by atoms with E-state index in [9.17, 15) is 9.90 Å². The fourth-order valence-corrected chi connectivity index (χ4v) is 4.16. The van der Waals surface area contributed by atoms with Crippen LogP contribution in [0.3, 0.4) is 0 Å². The van der Waals surface area contributed by atoms with Gasteiger partial charge in [-0.05, 0) is 38.5 Å². The van der Waals surface area contributed by atoms with Gasteiger partial charge in [-0.3, -0.25) is 9.69 Å². The number of rotatable bonds is 1. The van der Waals surface area contributed by atoms with Crippen LogP contribution in [0.1, 0.15) is 57.8 Å². The standard InChI is InChI=1S/C14H23NO2/c16-13-6-4-10(5-7-13)15-11-2-1-3-12(15)9-14(17)8-11/h10-13,16H,1-9H2. The average Bonchev–Trinajstić information content (AvgIpc) is 2.29. The number of fused-ring (bicyclic) bond motifs is 2. The topological polar surface area (TPSA) is 40.5 Å². The first kappa shape index (κ1) is 11.7. The number of hydrogen-bond donors (Lipinski definition) is 1. The van der Waals surface area contributed by atoms with Gasteiger partial charge in [-0.15, -0.1) is 0 Å². The maximum atomic E-state index is 11.7. The Hall–Kier alpha value is -0.410. The van der Waals surface area contributed by atoms with Crippen LogP contribution in [0.2, 0.25) is 0 Å². The van der Waals surface area contributed by atoms with Crippen molar-refractivity contribution < 1.29 is 9.90 Å². The monoisotopic (exact) mass is 237 g/mol. The number of aliphatic hydroxyl groups is 1. The van der Waals surface area contributed by atoms with E-state index in [4.69, 9.17) is 0 Å². The SMILES string of the molecule is O=C1CC2CCCC(C1)N2C1CCC(O)CC1. The summed E-state index contributed by atoms with van der Waals surface area (Å²) in [6.45, 7) is 0. The number of hydrogen-bond acceptors (Lipinski definition) is 3. The minimum Gasteiger partial charge on any atom is -0.393 e. The summed E-state index contributed by atoms with van der Waals surface area (Å²) in [5.41, 5.74) is 0. The van der Waals surface area contributed by atoms with Crippen LogP contribution in [0.25, 0.3) is 0 Å². The maximum absolute atomic E-state index is 11.7. The maximum Gasteiger partial charge on any atom is 0.136 e. The zero-order valence-electron chi connectivity index (χ0n) is 10.5. The van der Waals surface area contributed by atoms with Gasteiger partial charge >= 0.3 is 0 Å². The first-order valence-electron chi connectivity index (χ1n) is 7.21. The third kappa shape index (κ3) is 2.27. The van der Waals surface area contributed by atoms with Crippen molar-refractivity contribution in [2.75, 3.05) is 0 Å². The minimum absolute atomic E-state index is 0.0717. The van der Waals surface area contributed by atoms with Crippen molar-refractivity contribution in [3.8, 4) is 0 Å². The highest BCUT2D eigenvalue weighted by Gasteiger charge is 2.41. The van der Waals surface area contributed by atoms with Gasteiger partial charge in [0.1, 0.15) is 5.78 Å². The van der Waals surface area contributed by atoms with Gasteiger partial charge in [0.25, 0.3) is 0 Å². The van der Waals surface area contributed by atoms with E-state index < -0.39 is 0 Å². The van der Waals surface area contributed by atoms with Gasteiger partial charge in [0.15, 0.2) is 0 Å². The van der Waals surface area contributed by atoms with Gasteiger partial charge in [-0.2, -0.15) is 0 Å². The summed E-state index contributed by atoms with van der Waals surface area (Å²) in [6.07, 6.45) is 9.38. The molecule has 2 bridgehead atoms. The predicted molar refractivity (Wildman–Crippen MR) is 65.8 cm³/mol. The highest BCUT2D eigenvalue weighted by Crippen LogP contribution is 2.37. The van der Waals surface area contributed by atoms with Crippen LogP contribution in [-0.4, -0.2) is 40.0 Å². The molecule has 2 unspecified atom stereocenters. The first-order valence-corrected chi connectivity index (χ1v) is 7.21. The lowest BCUT2D eigenvalue weighted by atomic mass is 9.80. The van der Waals surface area contributed by atoms with Gasteiger partial charge in [0.05, 0.1) is 6.10 Å². The van der Waals surface area contributed by atoms with E-state index in [1.54, 1.807) is 0 Å². The highest BCUT2D eigenvalue weighted by molar-refractivity contribution is 5.80. The zero-order valence-corrected chi connectivity index (χ0v) is 10.5. The molecule has 96 valence electrons. The lowest BCUT2D eigenvalue weighted by Crippen LogP contribution is -2.57. The average molecular weight is 237 g/mol. The molecule has 17 heavy (non-hydrogen) atoms. The molecule has 3 heteroatoms. The Morgan fingerprint density at radius 2 is 1.47 bits per heavy atom. The summed E-state index contributed by atoms with van der Waals surface area (Å²) in [6, 6.07) is 1.69. The Balaban J connectivity index is 1.71. The third-order valence-corrected chi connectivity index (χ3v) is 4.93. The summed E-state index contributed by atoms with van der Waals surface area (Å²) in [5.74, 6) is 0.479. The molecule has 0 amide bonds. The Kier molecular flexibility index (Phi) is 3.22. The molecule has 0 spiro atoms. The van der Waals surface area contributed by atoms with Crippen LogP contribution in [0.4, 0.5) is 0 Å². The number of ketones is 1. The molecular weight excluding hydrogens is 214 g/mol. The number of Topliss-reactive ketones (excluding diaryl/α,β-unsaturated/α-hetero) is 1. The van der Waals surface area contributed by atoms with Crippen LogP contribution in [0.15, 0.2) is 0 Å². The predicted octanol–water partition coefficient (Wildman–Crippen LogP) is 1.88. The molecule has 3 rings (SSSR count). The molecule has 1 N–H and O–H groups in total. The number of aliphatic hydroxyl groups excluding tert-OH is 1. The van der Waals surface area contributed by atoms with Crippen LogP contribution < -0.4 is 0 Å². The molecule has 1 saturated carbocycles. The molecule has 0 aromatic carbocycles. The molecule has 0 aromatic rings. The second kappa shape index (κ2) is 4.69. The molecule has 3 aliphatic rings. The second-order valence-corrected chi connectivity index (χ2v) is 6.10. The second-order valence-electron chi connectivity index (χ2n) is 6.10. The summed E-state index contributed by atoms with van der Waals surface area (Å²) in [4.78, 5) is 14.4. The van der Waals surface area contributed by atoms with Crippen molar-refractivity contribution in [1.82, 2.24) is 4.90 Å². The van der Waals surface area contributed by atoms with E-state index in [0.29, 0.717) is 23.9 Å². The molecule has 3 fully saturated rings. The van der Waals surface area contributed by atoms with Gasteiger partial charge in [-0.1, -0.05) is 6.42 Å². The molecule has 2 heterocycles. The van der Waals surface area contributed by atoms with E-state index >= 15 is 0 Å². The molecular formula is C14H23NO2. The van der Waals surface area contributed by atoms with Crippen molar-refractivity contribution in [2.24, 2.45) is 0 Å². The summed E-state index contributed by atoms with van der Waals surface area (Å²) in [7, 11) is 0. The van der Waals surface area contributed by atoms with Crippen LogP contribution >= 0.6 is 0 Å². The molecule has 2 aliphatic heterocycles. The van der Waals surface area contributed by atoms with Gasteiger partial charge in [0, 0.05) is 31.0 Å². The highest BCUT2D eigenvalue weighted by atomic mass is 16.3. The first-order chi connectivity index (χ1) is 8.24. The fraction of sp³-hybridized carbons (Fsp3) is 0.929. The smallest absolute Gasteiger partial charge is 0.136 e. The quantitative estimate of drug-likeness (QED) is 0.757. The minimum atomic E-state index is -0.0717. The van der Waals surface area contributed by atoms with E-state index in [-0.39, 0.29) is 6.10 Å². The number of carbonyl (C=O) groups excluding carboxylic acids is 1. The molecule has 2 atom stereocenters. The normalized spacial score (nSPS) is 43.7. The summed E-state index contributed by atoms with van der Waals surface area (Å²) < 4.78 is 0. The van der Waals surface area contributed by atoms with Crippen LogP contribution in [0, 0.1) is 0 Å². The number of carbonyl (C=O) groups is 1. The van der Waals surface area contributed by atoms with Gasteiger partial charge < -0.3 is 5.11 Å². The van der Waals surface area contributed by atoms with Crippen molar-refractivity contribution in [2.45, 2.75) is 82.0 Å². The number of piperidine rings is 2. The van der Waals surface area contributed by atoms with E-state index in [1.165, 1.54) is 19.3 Å². The Bertz CT molecular complexity index is 281. The lowest BCUT2D eigenvalue weighted by molar-refractivity contribution is -0.129. The van der Waals surface area contributed by atoms with Crippen molar-refractivity contribution in [1.29, 1.82) is 0 Å². The molecule has 2 saturated heterocycles. The summed E-state index contributed by atoms with van der Waals surface area (Å²) >= 11 is 0. The van der Waals surface area contributed by atoms with Crippen molar-refractivity contribution >= 4 is 5.78 Å². The van der Waals surface area contributed by atoms with Crippen molar-refractivity contribution in [3.05, 3.63) is 0 Å². The summed E-state index contributed by atoms with van der Waals surface area (Å²) in [5, 5.41) is 9.60. The largest absolute Gasteiger partial charge is 0.393 e. The third-order valence-electron chi connectivity index (χ3n) is 4.93. The molecule has 1 aliphatic carbocycles. The van der Waals surface area contributed by atoms with E-state index in [0.717, 1.165) is 38.5 Å². The van der Waals surface area contributed by atoms with Gasteiger partial charge in [-0.25, -0.2) is 0 Å². The van der Waals surface area contributed by atoms with Gasteiger partial charge in [0.2, 0.25) is 0 Å². The van der Waals surface area contributed by atoms with Crippen molar-refractivity contribution in [3.63, 3.8) is 0 Å². The Morgan fingerprint density at radius 1 is 0.882 bits per heavy atom. The Morgan fingerprint density at radius 3 is 2.06 bits per heavy atom. The lowest BCUT2D eigenvalue weighted by Gasteiger charge is -2.50. The fourth-order valence-electron chi connectivity index (χ4n) is 4.16. The molecule has 0 radical (unpaired) electrons.